The summed E-state index contributed by atoms with van der Waals surface area (Å²) in [7, 11) is 0. The van der Waals surface area contributed by atoms with Gasteiger partial charge in [0.1, 0.15) is 11.6 Å². The summed E-state index contributed by atoms with van der Waals surface area (Å²) in [5, 5.41) is 12.3. The number of hydrogen-bond donors (Lipinski definition) is 2. The second-order valence-electron chi connectivity index (χ2n) is 3.86. The average Bonchev–Trinajstić information content (AvgIpc) is 2.10. The van der Waals surface area contributed by atoms with E-state index >= 15 is 0 Å². The zero-order chi connectivity index (χ0) is 11.3. The van der Waals surface area contributed by atoms with Gasteiger partial charge in [-0.15, -0.1) is 0 Å². The normalized spacial score (nSPS) is 12.5. The Balaban J connectivity index is 2.37. The van der Waals surface area contributed by atoms with Gasteiger partial charge in [-0.2, -0.15) is 0 Å². The maximum Gasteiger partial charge on any atom is 0.129 e. The monoisotopic (exact) mass is 209 g/mol. The third-order valence-electron chi connectivity index (χ3n) is 2.07. The molecule has 15 heavy (non-hydrogen) atoms. The lowest BCUT2D eigenvalue weighted by molar-refractivity contribution is 0.183. The van der Waals surface area contributed by atoms with Gasteiger partial charge in [-0.1, -0.05) is 0 Å². The fraction of sp³-hybridized carbons (Fsp3) is 0.636. The summed E-state index contributed by atoms with van der Waals surface area (Å²) in [5.41, 5.74) is 0.973. The smallest absolute Gasteiger partial charge is 0.129 e. The molecule has 1 aromatic rings. The molecule has 0 spiro atoms. The molecular weight excluding hydrogens is 190 g/mol. The van der Waals surface area contributed by atoms with Crippen molar-refractivity contribution in [2.45, 2.75) is 39.7 Å². The number of aromatic nitrogens is 2. The Kier molecular flexibility index (Phi) is 4.49. The fourth-order valence-electron chi connectivity index (χ4n) is 1.42. The lowest BCUT2D eigenvalue weighted by Gasteiger charge is -2.07. The maximum absolute atomic E-state index is 9.08. The predicted octanol–water partition coefficient (Wildman–Crippen LogP) is 1.67. The van der Waals surface area contributed by atoms with E-state index in [-0.39, 0.29) is 6.10 Å². The molecule has 0 fully saturated rings. The van der Waals surface area contributed by atoms with E-state index in [4.69, 9.17) is 5.11 Å². The van der Waals surface area contributed by atoms with Crippen molar-refractivity contribution in [3.63, 3.8) is 0 Å². The van der Waals surface area contributed by atoms with Gasteiger partial charge in [-0.25, -0.2) is 9.97 Å². The Hall–Kier alpha value is -1.16. The van der Waals surface area contributed by atoms with E-state index in [2.05, 4.69) is 15.3 Å². The summed E-state index contributed by atoms with van der Waals surface area (Å²) < 4.78 is 0. The van der Waals surface area contributed by atoms with Crippen LogP contribution >= 0.6 is 0 Å². The zero-order valence-corrected chi connectivity index (χ0v) is 9.62. The van der Waals surface area contributed by atoms with Gasteiger partial charge in [0.2, 0.25) is 0 Å². The van der Waals surface area contributed by atoms with Gasteiger partial charge in [-0.05, 0) is 33.6 Å². The molecular formula is C11H19N3O. The minimum atomic E-state index is -0.222. The molecule has 0 aromatic carbocycles. The van der Waals surface area contributed by atoms with Crippen LogP contribution in [0, 0.1) is 13.8 Å². The van der Waals surface area contributed by atoms with Crippen molar-refractivity contribution in [1.29, 1.82) is 0 Å². The van der Waals surface area contributed by atoms with Crippen LogP contribution in [-0.4, -0.2) is 27.7 Å². The molecule has 1 heterocycles. The van der Waals surface area contributed by atoms with Crippen LogP contribution in [0.2, 0.25) is 0 Å². The van der Waals surface area contributed by atoms with Crippen LogP contribution in [0.25, 0.3) is 0 Å². The van der Waals surface area contributed by atoms with E-state index in [1.165, 1.54) is 0 Å². The predicted molar refractivity (Wildman–Crippen MR) is 60.9 cm³/mol. The van der Waals surface area contributed by atoms with E-state index in [1.807, 2.05) is 19.9 Å². The van der Waals surface area contributed by atoms with Crippen LogP contribution in [0.1, 0.15) is 31.3 Å². The number of anilines is 1. The Morgan fingerprint density at radius 2 is 2.13 bits per heavy atom. The molecule has 0 aliphatic rings. The average molecular weight is 209 g/mol. The van der Waals surface area contributed by atoms with Crippen molar-refractivity contribution in [2.24, 2.45) is 0 Å². The molecule has 0 radical (unpaired) electrons. The summed E-state index contributed by atoms with van der Waals surface area (Å²) in [6.07, 6.45) is 1.54. The molecule has 0 aliphatic heterocycles. The van der Waals surface area contributed by atoms with Crippen LogP contribution in [-0.2, 0) is 0 Å². The maximum atomic E-state index is 9.08. The van der Waals surface area contributed by atoms with Gasteiger partial charge in [0.05, 0.1) is 6.10 Å². The SMILES string of the molecule is Cc1cc(NCCCC(C)O)nc(C)n1. The molecule has 1 unspecified atom stereocenters. The van der Waals surface area contributed by atoms with E-state index in [0.29, 0.717) is 0 Å². The Labute approximate surface area is 90.8 Å². The van der Waals surface area contributed by atoms with Crippen LogP contribution < -0.4 is 5.32 Å². The van der Waals surface area contributed by atoms with Crippen molar-refractivity contribution in [2.75, 3.05) is 11.9 Å². The van der Waals surface area contributed by atoms with Gasteiger partial charge in [0, 0.05) is 18.3 Å². The summed E-state index contributed by atoms with van der Waals surface area (Å²) in [6, 6.07) is 1.93. The molecule has 1 atom stereocenters. The minimum absolute atomic E-state index is 0.222. The molecule has 0 saturated heterocycles. The zero-order valence-electron chi connectivity index (χ0n) is 9.62. The highest BCUT2D eigenvalue weighted by Crippen LogP contribution is 2.06. The van der Waals surface area contributed by atoms with E-state index < -0.39 is 0 Å². The van der Waals surface area contributed by atoms with E-state index in [9.17, 15) is 0 Å². The second kappa shape index (κ2) is 5.66. The van der Waals surface area contributed by atoms with E-state index in [0.717, 1.165) is 36.7 Å². The van der Waals surface area contributed by atoms with Gasteiger partial charge < -0.3 is 10.4 Å². The molecule has 0 amide bonds. The first kappa shape index (κ1) is 11.9. The van der Waals surface area contributed by atoms with Gasteiger partial charge in [-0.3, -0.25) is 0 Å². The number of aryl methyl sites for hydroxylation is 2. The second-order valence-corrected chi connectivity index (χ2v) is 3.86. The third kappa shape index (κ3) is 4.74. The molecule has 1 rings (SSSR count). The van der Waals surface area contributed by atoms with Crippen LogP contribution in [0.15, 0.2) is 6.07 Å². The molecule has 0 aliphatic carbocycles. The van der Waals surface area contributed by atoms with Gasteiger partial charge in [0.25, 0.3) is 0 Å². The molecule has 4 nitrogen and oxygen atoms in total. The largest absolute Gasteiger partial charge is 0.393 e. The minimum Gasteiger partial charge on any atom is -0.393 e. The molecule has 1 aromatic heterocycles. The number of aliphatic hydroxyl groups is 1. The van der Waals surface area contributed by atoms with Crippen molar-refractivity contribution in [3.8, 4) is 0 Å². The first-order chi connectivity index (χ1) is 7.08. The van der Waals surface area contributed by atoms with Crippen molar-refractivity contribution < 1.29 is 5.11 Å². The number of nitrogens with one attached hydrogen (secondary N) is 1. The first-order valence-electron chi connectivity index (χ1n) is 5.32. The van der Waals surface area contributed by atoms with Crippen molar-refractivity contribution in [3.05, 3.63) is 17.6 Å². The Morgan fingerprint density at radius 1 is 1.40 bits per heavy atom. The first-order valence-corrected chi connectivity index (χ1v) is 5.32. The number of hydrogen-bond acceptors (Lipinski definition) is 4. The van der Waals surface area contributed by atoms with Crippen molar-refractivity contribution >= 4 is 5.82 Å². The quantitative estimate of drug-likeness (QED) is 0.724. The molecule has 84 valence electrons. The van der Waals surface area contributed by atoms with Gasteiger partial charge in [0.15, 0.2) is 0 Å². The molecule has 0 bridgehead atoms. The van der Waals surface area contributed by atoms with Crippen molar-refractivity contribution in [1.82, 2.24) is 9.97 Å². The lowest BCUT2D eigenvalue weighted by Crippen LogP contribution is -2.08. The van der Waals surface area contributed by atoms with Crippen LogP contribution in [0.3, 0.4) is 0 Å². The van der Waals surface area contributed by atoms with Gasteiger partial charge >= 0.3 is 0 Å². The lowest BCUT2D eigenvalue weighted by atomic mass is 10.2. The summed E-state index contributed by atoms with van der Waals surface area (Å²) in [5.74, 6) is 1.65. The summed E-state index contributed by atoms with van der Waals surface area (Å²) in [4.78, 5) is 8.47. The molecule has 0 saturated carbocycles. The van der Waals surface area contributed by atoms with E-state index in [1.54, 1.807) is 6.92 Å². The Bertz CT molecular complexity index is 292. The summed E-state index contributed by atoms with van der Waals surface area (Å²) >= 11 is 0. The molecule has 4 heteroatoms. The number of rotatable bonds is 5. The number of aliphatic hydroxyl groups excluding tert-OH is 1. The highest BCUT2D eigenvalue weighted by molar-refractivity contribution is 5.35. The number of nitrogens with zero attached hydrogens (tertiary/aromatic N) is 2. The highest BCUT2D eigenvalue weighted by Gasteiger charge is 1.99. The molecule has 2 N–H and O–H groups in total. The Morgan fingerprint density at radius 3 is 2.73 bits per heavy atom. The summed E-state index contributed by atoms with van der Waals surface area (Å²) in [6.45, 7) is 6.48. The highest BCUT2D eigenvalue weighted by atomic mass is 16.3. The third-order valence-corrected chi connectivity index (χ3v) is 2.07. The van der Waals surface area contributed by atoms with Crippen LogP contribution in [0.4, 0.5) is 5.82 Å². The standard InChI is InChI=1S/C11H19N3O/c1-8-7-11(14-10(3)13-8)12-6-4-5-9(2)15/h7,9,15H,4-6H2,1-3H3,(H,12,13,14). The topological polar surface area (TPSA) is 58.0 Å². The van der Waals surface area contributed by atoms with Crippen LogP contribution in [0.5, 0.6) is 0 Å². The fourth-order valence-corrected chi connectivity index (χ4v) is 1.42.